The van der Waals surface area contributed by atoms with Gasteiger partial charge in [0.15, 0.2) is 0 Å². The Kier molecular flexibility index (Phi) is 1.85. The molecule has 5 nitrogen and oxygen atoms in total. The standard InChI is InChI=1S/C12H12N2O3/c1-2-7-6-13-9-3-4-12(11(16)17)5-8(12)14(9)10(7)15/h3-4,6,8H,2,5H2,1H3,(H,16,17). The Morgan fingerprint density at radius 3 is 3.12 bits per heavy atom. The van der Waals surface area contributed by atoms with Crippen LogP contribution in [-0.4, -0.2) is 20.6 Å². The second-order valence-corrected chi connectivity index (χ2v) is 4.57. The first-order chi connectivity index (χ1) is 8.10. The van der Waals surface area contributed by atoms with E-state index in [1.807, 2.05) is 6.92 Å². The molecule has 0 radical (unpaired) electrons. The molecule has 1 saturated carbocycles. The van der Waals surface area contributed by atoms with Gasteiger partial charge in [0.2, 0.25) is 0 Å². The van der Waals surface area contributed by atoms with Crippen molar-refractivity contribution in [3.05, 3.63) is 34.0 Å². The number of rotatable bonds is 2. The Morgan fingerprint density at radius 1 is 1.71 bits per heavy atom. The maximum atomic E-state index is 12.1. The molecular formula is C12H12N2O3. The number of hydrogen-bond donors (Lipinski definition) is 1. The van der Waals surface area contributed by atoms with Crippen LogP contribution in [0, 0.1) is 5.41 Å². The normalized spacial score (nSPS) is 28.4. The van der Waals surface area contributed by atoms with Gasteiger partial charge in [-0.25, -0.2) is 4.98 Å². The summed E-state index contributed by atoms with van der Waals surface area (Å²) < 4.78 is 1.53. The summed E-state index contributed by atoms with van der Waals surface area (Å²) in [7, 11) is 0. The van der Waals surface area contributed by atoms with Crippen LogP contribution in [-0.2, 0) is 11.2 Å². The molecule has 2 aliphatic rings. The fraction of sp³-hybridized carbons (Fsp3) is 0.417. The van der Waals surface area contributed by atoms with E-state index in [4.69, 9.17) is 0 Å². The molecule has 2 heterocycles. The summed E-state index contributed by atoms with van der Waals surface area (Å²) in [6.45, 7) is 1.89. The van der Waals surface area contributed by atoms with Crippen LogP contribution in [0.5, 0.6) is 0 Å². The van der Waals surface area contributed by atoms with Gasteiger partial charge in [-0.3, -0.25) is 14.2 Å². The molecule has 17 heavy (non-hydrogen) atoms. The lowest BCUT2D eigenvalue weighted by molar-refractivity contribution is -0.141. The van der Waals surface area contributed by atoms with Crippen LogP contribution in [0.4, 0.5) is 0 Å². The number of aryl methyl sites for hydroxylation is 1. The summed E-state index contributed by atoms with van der Waals surface area (Å²) in [5.41, 5.74) is -0.338. The Hall–Kier alpha value is -1.91. The molecule has 0 bridgehead atoms. The highest BCUT2D eigenvalue weighted by Crippen LogP contribution is 2.59. The van der Waals surface area contributed by atoms with Gasteiger partial charge in [-0.1, -0.05) is 13.0 Å². The summed E-state index contributed by atoms with van der Waals surface area (Å²) in [4.78, 5) is 27.6. The van der Waals surface area contributed by atoms with Crippen molar-refractivity contribution >= 4 is 12.0 Å². The van der Waals surface area contributed by atoms with Crippen molar-refractivity contribution in [3.63, 3.8) is 0 Å². The molecule has 0 amide bonds. The van der Waals surface area contributed by atoms with E-state index >= 15 is 0 Å². The SMILES string of the molecule is CCc1cnc2n(c1=O)C1CC1(C(=O)O)C=C2. The first-order valence-electron chi connectivity index (χ1n) is 5.63. The van der Waals surface area contributed by atoms with Crippen molar-refractivity contribution < 1.29 is 9.90 Å². The molecule has 1 aromatic heterocycles. The fourth-order valence-electron chi connectivity index (χ4n) is 2.47. The van der Waals surface area contributed by atoms with Crippen molar-refractivity contribution in [2.75, 3.05) is 0 Å². The lowest BCUT2D eigenvalue weighted by Gasteiger charge is -2.17. The van der Waals surface area contributed by atoms with E-state index in [0.717, 1.165) is 0 Å². The first-order valence-corrected chi connectivity index (χ1v) is 5.63. The molecule has 1 aliphatic carbocycles. The van der Waals surface area contributed by atoms with E-state index < -0.39 is 11.4 Å². The van der Waals surface area contributed by atoms with Gasteiger partial charge in [-0.2, -0.15) is 0 Å². The van der Waals surface area contributed by atoms with Crippen LogP contribution in [0.3, 0.4) is 0 Å². The largest absolute Gasteiger partial charge is 0.481 e. The van der Waals surface area contributed by atoms with E-state index in [9.17, 15) is 14.7 Å². The van der Waals surface area contributed by atoms with Crippen LogP contribution < -0.4 is 5.56 Å². The third-order valence-electron chi connectivity index (χ3n) is 3.68. The van der Waals surface area contributed by atoms with Crippen molar-refractivity contribution in [3.8, 4) is 0 Å². The fourth-order valence-corrected chi connectivity index (χ4v) is 2.47. The highest BCUT2D eigenvalue weighted by Gasteiger charge is 2.62. The summed E-state index contributed by atoms with van der Waals surface area (Å²) >= 11 is 0. The van der Waals surface area contributed by atoms with Gasteiger partial charge in [0.05, 0.1) is 6.04 Å². The summed E-state index contributed by atoms with van der Waals surface area (Å²) in [5, 5.41) is 9.20. The minimum atomic E-state index is -0.870. The number of aromatic nitrogens is 2. The minimum absolute atomic E-state index is 0.102. The number of fused-ring (bicyclic) bond motifs is 3. The Bertz CT molecular complexity index is 602. The molecule has 1 N–H and O–H groups in total. The van der Waals surface area contributed by atoms with E-state index in [-0.39, 0.29) is 11.6 Å². The van der Waals surface area contributed by atoms with Crippen molar-refractivity contribution in [1.82, 2.24) is 9.55 Å². The van der Waals surface area contributed by atoms with Crippen molar-refractivity contribution in [2.45, 2.75) is 25.8 Å². The third kappa shape index (κ3) is 1.16. The first kappa shape index (κ1) is 10.3. The molecule has 88 valence electrons. The number of nitrogens with zero attached hydrogens (tertiary/aromatic N) is 2. The van der Waals surface area contributed by atoms with Gasteiger partial charge >= 0.3 is 5.97 Å². The van der Waals surface area contributed by atoms with E-state index in [0.29, 0.717) is 24.2 Å². The molecule has 2 atom stereocenters. The lowest BCUT2D eigenvalue weighted by Crippen LogP contribution is -2.31. The molecule has 0 saturated heterocycles. The van der Waals surface area contributed by atoms with Crippen molar-refractivity contribution in [2.24, 2.45) is 5.41 Å². The van der Waals surface area contributed by atoms with Gasteiger partial charge < -0.3 is 5.11 Å². The van der Waals surface area contributed by atoms with E-state index in [2.05, 4.69) is 4.98 Å². The number of aliphatic carboxylic acids is 1. The van der Waals surface area contributed by atoms with E-state index in [1.54, 1.807) is 18.3 Å². The van der Waals surface area contributed by atoms with Crippen LogP contribution in [0.1, 0.15) is 30.8 Å². The Balaban J connectivity index is 2.19. The van der Waals surface area contributed by atoms with Gasteiger partial charge in [0.25, 0.3) is 5.56 Å². The third-order valence-corrected chi connectivity index (χ3v) is 3.68. The number of carbonyl (C=O) groups is 1. The molecule has 0 spiro atoms. The molecule has 0 aromatic carbocycles. The minimum Gasteiger partial charge on any atom is -0.481 e. The van der Waals surface area contributed by atoms with Crippen LogP contribution in [0.25, 0.3) is 6.08 Å². The molecule has 5 heteroatoms. The molecule has 2 unspecified atom stereocenters. The number of hydrogen-bond acceptors (Lipinski definition) is 3. The zero-order valence-corrected chi connectivity index (χ0v) is 9.38. The maximum absolute atomic E-state index is 12.1. The average molecular weight is 232 g/mol. The van der Waals surface area contributed by atoms with Crippen molar-refractivity contribution in [1.29, 1.82) is 0 Å². The summed E-state index contributed by atoms with van der Waals surface area (Å²) in [5.74, 6) is -0.301. The van der Waals surface area contributed by atoms with Gasteiger partial charge in [-0.15, -0.1) is 0 Å². The van der Waals surface area contributed by atoms with Gasteiger partial charge in [0.1, 0.15) is 11.2 Å². The van der Waals surface area contributed by atoms with Crippen LogP contribution in [0.2, 0.25) is 0 Å². The van der Waals surface area contributed by atoms with Gasteiger partial charge in [0, 0.05) is 11.8 Å². The zero-order valence-electron chi connectivity index (χ0n) is 9.38. The second-order valence-electron chi connectivity index (χ2n) is 4.57. The topological polar surface area (TPSA) is 72.2 Å². The predicted octanol–water partition coefficient (Wildman–Crippen LogP) is 0.848. The molecule has 3 rings (SSSR count). The lowest BCUT2D eigenvalue weighted by atomic mass is 10.0. The highest BCUT2D eigenvalue weighted by molar-refractivity contribution is 5.84. The highest BCUT2D eigenvalue weighted by atomic mass is 16.4. The molecular weight excluding hydrogens is 220 g/mol. The molecule has 1 aliphatic heterocycles. The molecule has 1 fully saturated rings. The van der Waals surface area contributed by atoms with Gasteiger partial charge in [-0.05, 0) is 18.9 Å². The monoisotopic (exact) mass is 232 g/mol. The average Bonchev–Trinajstić information content (AvgIpc) is 3.05. The Morgan fingerprint density at radius 2 is 2.47 bits per heavy atom. The second kappa shape index (κ2) is 3.06. The summed E-state index contributed by atoms with van der Waals surface area (Å²) in [6, 6.07) is -0.258. The van der Waals surface area contributed by atoms with Crippen LogP contribution >= 0.6 is 0 Å². The van der Waals surface area contributed by atoms with E-state index in [1.165, 1.54) is 4.57 Å². The maximum Gasteiger partial charge on any atom is 0.315 e. The zero-order chi connectivity index (χ0) is 12.2. The quantitative estimate of drug-likeness (QED) is 0.820. The Labute approximate surface area is 97.4 Å². The summed E-state index contributed by atoms with van der Waals surface area (Å²) in [6.07, 6.45) is 5.98. The van der Waals surface area contributed by atoms with Crippen LogP contribution in [0.15, 0.2) is 17.1 Å². The molecule has 1 aromatic rings. The predicted molar refractivity (Wildman–Crippen MR) is 60.6 cm³/mol. The smallest absolute Gasteiger partial charge is 0.315 e. The number of carboxylic acid groups (broad SMARTS) is 1. The number of carboxylic acids is 1.